The Kier molecular flexibility index (Phi) is 6.74. The Morgan fingerprint density at radius 1 is 1.13 bits per heavy atom. The molecule has 2 heterocycles. The van der Waals surface area contributed by atoms with E-state index in [0.29, 0.717) is 0 Å². The van der Waals surface area contributed by atoms with Gasteiger partial charge < -0.3 is 10.3 Å². The summed E-state index contributed by atoms with van der Waals surface area (Å²) in [5.41, 5.74) is 3.04. The number of hydrogen-bond donors (Lipinski definition) is 2. The lowest BCUT2D eigenvalue weighted by Gasteiger charge is -2.02. The number of aromatic nitrogens is 3. The van der Waals surface area contributed by atoms with Crippen molar-refractivity contribution in [3.05, 3.63) is 47.0 Å². The van der Waals surface area contributed by atoms with E-state index >= 15 is 0 Å². The fraction of sp³-hybridized carbons (Fsp3) is 0.333. The maximum absolute atomic E-state index is 4.51. The van der Waals surface area contributed by atoms with E-state index in [-0.39, 0.29) is 0 Å². The van der Waals surface area contributed by atoms with Crippen LogP contribution < -0.4 is 5.32 Å². The molecule has 0 fully saturated rings. The van der Waals surface area contributed by atoms with Gasteiger partial charge in [0.05, 0.1) is 24.0 Å². The van der Waals surface area contributed by atoms with E-state index in [9.17, 15) is 0 Å². The van der Waals surface area contributed by atoms with Crippen molar-refractivity contribution in [2.24, 2.45) is 0 Å². The zero-order valence-corrected chi connectivity index (χ0v) is 15.4. The van der Waals surface area contributed by atoms with E-state index < -0.39 is 0 Å². The molecule has 0 aliphatic carbocycles. The van der Waals surface area contributed by atoms with Crippen LogP contribution in [0, 0.1) is 0 Å². The fourth-order valence-electron chi connectivity index (χ4n) is 2.22. The van der Waals surface area contributed by atoms with Crippen LogP contribution in [-0.4, -0.2) is 21.5 Å². The molecule has 0 unspecified atom stereocenters. The van der Waals surface area contributed by atoms with Crippen LogP contribution in [-0.2, 0) is 6.54 Å². The van der Waals surface area contributed by atoms with E-state index in [1.165, 1.54) is 0 Å². The molecule has 0 saturated heterocycles. The smallest absolute Gasteiger partial charge is 0.120 e. The number of pyridine rings is 1. The summed E-state index contributed by atoms with van der Waals surface area (Å²) in [7, 11) is 0. The van der Waals surface area contributed by atoms with Gasteiger partial charge >= 0.3 is 0 Å². The minimum absolute atomic E-state index is 0.766. The number of hydrogen-bond acceptors (Lipinski definition) is 3. The molecule has 122 valence electrons. The number of fused-ring (bicyclic) bond motifs is 1. The fourth-order valence-corrected chi connectivity index (χ4v) is 2.57. The number of benzene rings is 1. The van der Waals surface area contributed by atoms with Crippen molar-refractivity contribution >= 4 is 26.8 Å². The topological polar surface area (TPSA) is 53.6 Å². The Bertz CT molecular complexity index is 752. The van der Waals surface area contributed by atoms with Gasteiger partial charge in [-0.05, 0) is 31.2 Å². The first-order valence-electron chi connectivity index (χ1n) is 8.06. The maximum atomic E-state index is 4.51. The number of rotatable bonds is 5. The highest BCUT2D eigenvalue weighted by Crippen LogP contribution is 2.23. The molecule has 4 nitrogen and oxygen atoms in total. The molecule has 5 heteroatoms. The average molecular weight is 375 g/mol. The molecule has 0 saturated carbocycles. The van der Waals surface area contributed by atoms with Gasteiger partial charge in [0, 0.05) is 21.6 Å². The zero-order valence-electron chi connectivity index (χ0n) is 13.9. The third kappa shape index (κ3) is 4.62. The Morgan fingerprint density at radius 3 is 2.74 bits per heavy atom. The Morgan fingerprint density at radius 2 is 1.96 bits per heavy atom. The van der Waals surface area contributed by atoms with Crippen LogP contribution >= 0.6 is 15.9 Å². The van der Waals surface area contributed by atoms with Crippen molar-refractivity contribution in [1.82, 2.24) is 20.3 Å². The summed E-state index contributed by atoms with van der Waals surface area (Å²) in [4.78, 5) is 12.3. The van der Waals surface area contributed by atoms with Crippen molar-refractivity contribution in [3.8, 4) is 11.3 Å². The van der Waals surface area contributed by atoms with Gasteiger partial charge in [0.1, 0.15) is 5.82 Å². The second-order valence-corrected chi connectivity index (χ2v) is 5.90. The molecule has 0 radical (unpaired) electrons. The van der Waals surface area contributed by atoms with E-state index in [2.05, 4.69) is 55.3 Å². The Labute approximate surface area is 145 Å². The number of nitrogens with zero attached hydrogens (tertiary/aromatic N) is 2. The minimum atomic E-state index is 0.766. The molecule has 0 aliphatic rings. The lowest BCUT2D eigenvalue weighted by Crippen LogP contribution is -2.14. The van der Waals surface area contributed by atoms with Gasteiger partial charge in [-0.25, -0.2) is 4.98 Å². The van der Waals surface area contributed by atoms with Crippen molar-refractivity contribution in [2.75, 3.05) is 6.54 Å². The SMILES string of the molecule is CC.CCCNCc1ncc(-c2cnc3cc(Br)ccc3c2)[nH]1. The molecule has 0 atom stereocenters. The van der Waals surface area contributed by atoms with Crippen molar-refractivity contribution < 1.29 is 0 Å². The van der Waals surface area contributed by atoms with Gasteiger partial charge in [0.25, 0.3) is 0 Å². The van der Waals surface area contributed by atoms with Crippen molar-refractivity contribution in [1.29, 1.82) is 0 Å². The zero-order chi connectivity index (χ0) is 16.7. The molecule has 0 amide bonds. The second kappa shape index (κ2) is 8.79. The summed E-state index contributed by atoms with van der Waals surface area (Å²) < 4.78 is 1.04. The molecule has 1 aromatic carbocycles. The van der Waals surface area contributed by atoms with Gasteiger partial charge in [-0.3, -0.25) is 4.98 Å². The van der Waals surface area contributed by atoms with Crippen molar-refractivity contribution in [2.45, 2.75) is 33.7 Å². The third-order valence-electron chi connectivity index (χ3n) is 3.30. The van der Waals surface area contributed by atoms with Crippen LogP contribution in [0.2, 0.25) is 0 Å². The van der Waals surface area contributed by atoms with Crippen LogP contribution in [0.5, 0.6) is 0 Å². The highest BCUT2D eigenvalue weighted by molar-refractivity contribution is 9.10. The molecular weight excluding hydrogens is 352 g/mol. The largest absolute Gasteiger partial charge is 0.341 e. The summed E-state index contributed by atoms with van der Waals surface area (Å²) in [5, 5.41) is 4.46. The van der Waals surface area contributed by atoms with E-state index in [4.69, 9.17) is 0 Å². The lowest BCUT2D eigenvalue weighted by molar-refractivity contribution is 0.655. The van der Waals surface area contributed by atoms with Gasteiger partial charge in [0.2, 0.25) is 0 Å². The van der Waals surface area contributed by atoms with Crippen LogP contribution in [0.15, 0.2) is 41.1 Å². The van der Waals surface area contributed by atoms with Gasteiger partial charge in [0.15, 0.2) is 0 Å². The van der Waals surface area contributed by atoms with E-state index in [1.807, 2.05) is 38.4 Å². The van der Waals surface area contributed by atoms with Crippen LogP contribution in [0.4, 0.5) is 0 Å². The first-order chi connectivity index (χ1) is 11.3. The molecule has 0 aliphatic heterocycles. The molecule has 3 aromatic rings. The molecule has 3 rings (SSSR count). The molecule has 0 spiro atoms. The normalized spacial score (nSPS) is 10.4. The summed E-state index contributed by atoms with van der Waals surface area (Å²) in [6.07, 6.45) is 4.87. The Balaban J connectivity index is 0.000000924. The number of H-pyrrole nitrogens is 1. The van der Waals surface area contributed by atoms with Gasteiger partial charge in [-0.15, -0.1) is 0 Å². The number of aromatic amines is 1. The van der Waals surface area contributed by atoms with Crippen LogP contribution in [0.1, 0.15) is 33.0 Å². The maximum Gasteiger partial charge on any atom is 0.120 e. The molecular formula is C18H23BrN4. The number of halogens is 1. The van der Waals surface area contributed by atoms with Crippen LogP contribution in [0.3, 0.4) is 0 Å². The summed E-state index contributed by atoms with van der Waals surface area (Å²) in [6.45, 7) is 7.92. The van der Waals surface area contributed by atoms with E-state index in [0.717, 1.165) is 52.0 Å². The Hall–Kier alpha value is -1.72. The second-order valence-electron chi connectivity index (χ2n) is 4.98. The average Bonchev–Trinajstić information content (AvgIpc) is 3.05. The van der Waals surface area contributed by atoms with Gasteiger partial charge in [-0.1, -0.05) is 42.8 Å². The highest BCUT2D eigenvalue weighted by Gasteiger charge is 2.05. The third-order valence-corrected chi connectivity index (χ3v) is 3.80. The van der Waals surface area contributed by atoms with Gasteiger partial charge in [-0.2, -0.15) is 0 Å². The quantitative estimate of drug-likeness (QED) is 0.623. The van der Waals surface area contributed by atoms with Crippen molar-refractivity contribution in [3.63, 3.8) is 0 Å². The van der Waals surface area contributed by atoms with E-state index in [1.54, 1.807) is 0 Å². The summed E-state index contributed by atoms with van der Waals surface area (Å²) in [6, 6.07) is 8.24. The molecule has 23 heavy (non-hydrogen) atoms. The number of nitrogens with one attached hydrogen (secondary N) is 2. The predicted molar refractivity (Wildman–Crippen MR) is 100 cm³/mol. The minimum Gasteiger partial charge on any atom is -0.341 e. The first kappa shape index (κ1) is 17.6. The highest BCUT2D eigenvalue weighted by atomic mass is 79.9. The monoisotopic (exact) mass is 374 g/mol. The standard InChI is InChI=1S/C16H17BrN4.C2H6/c1-2-5-18-10-16-20-9-15(21-16)12-6-11-3-4-13(17)7-14(11)19-8-12;1-2/h3-4,6-9,18H,2,5,10H2,1H3,(H,20,21);1-2H3. The predicted octanol–water partition coefficient (Wildman–Crippen LogP) is 4.91. The molecule has 2 aromatic heterocycles. The summed E-state index contributed by atoms with van der Waals surface area (Å²) >= 11 is 3.47. The molecule has 2 N–H and O–H groups in total. The first-order valence-corrected chi connectivity index (χ1v) is 8.86. The lowest BCUT2D eigenvalue weighted by atomic mass is 10.1. The summed E-state index contributed by atoms with van der Waals surface area (Å²) in [5.74, 6) is 0.953. The molecule has 0 bridgehead atoms. The van der Waals surface area contributed by atoms with Crippen LogP contribution in [0.25, 0.3) is 22.2 Å². The number of imidazole rings is 1.